The molecule has 1 aromatic rings. The van der Waals surface area contributed by atoms with Crippen molar-refractivity contribution >= 4 is 10.0 Å². The molecule has 2 aliphatic rings. The molecule has 5 nitrogen and oxygen atoms in total. The molecule has 1 aliphatic carbocycles. The zero-order valence-corrected chi connectivity index (χ0v) is 13.7. The van der Waals surface area contributed by atoms with Crippen molar-refractivity contribution in [1.29, 1.82) is 0 Å². The summed E-state index contributed by atoms with van der Waals surface area (Å²) in [7, 11) is -3.39. The summed E-state index contributed by atoms with van der Waals surface area (Å²) in [5.74, 6) is 0. The molecule has 0 unspecified atom stereocenters. The van der Waals surface area contributed by atoms with Crippen LogP contribution in [0.4, 0.5) is 0 Å². The lowest BCUT2D eigenvalue weighted by molar-refractivity contribution is 0.187. The molecule has 1 aliphatic heterocycles. The lowest BCUT2D eigenvalue weighted by Gasteiger charge is -2.36. The summed E-state index contributed by atoms with van der Waals surface area (Å²) in [4.78, 5) is 0.410. The maximum absolute atomic E-state index is 12.9. The van der Waals surface area contributed by atoms with Crippen LogP contribution in [-0.2, 0) is 16.6 Å². The summed E-state index contributed by atoms with van der Waals surface area (Å²) in [6.07, 6.45) is 6.04. The van der Waals surface area contributed by atoms with E-state index >= 15 is 0 Å². The van der Waals surface area contributed by atoms with Crippen molar-refractivity contribution in [2.75, 3.05) is 13.1 Å². The van der Waals surface area contributed by atoms with E-state index in [2.05, 4.69) is 18.4 Å². The Bertz CT molecular complexity index is 629. The first-order valence-corrected chi connectivity index (χ1v) is 9.18. The first-order chi connectivity index (χ1) is 9.83. The van der Waals surface area contributed by atoms with Crippen LogP contribution in [0.3, 0.4) is 0 Å². The molecule has 0 atom stereocenters. The molecular weight excluding hydrogens is 286 g/mol. The molecule has 0 spiro atoms. The third-order valence-corrected chi connectivity index (χ3v) is 6.37. The maximum Gasteiger partial charge on any atom is 0.244 e. The van der Waals surface area contributed by atoms with E-state index < -0.39 is 10.0 Å². The number of sulfonamides is 1. The van der Waals surface area contributed by atoms with Gasteiger partial charge in [-0.3, -0.25) is 0 Å². The minimum Gasteiger partial charge on any atom is -0.346 e. The quantitative estimate of drug-likeness (QED) is 0.926. The topological polar surface area (TPSA) is 68.3 Å². The van der Waals surface area contributed by atoms with Crippen LogP contribution >= 0.6 is 0 Å². The lowest BCUT2D eigenvalue weighted by Crippen LogP contribution is -2.43. The molecule has 2 heterocycles. The van der Waals surface area contributed by atoms with Gasteiger partial charge in [-0.1, -0.05) is 13.8 Å². The third-order valence-electron chi connectivity index (χ3n) is 4.56. The molecule has 6 heteroatoms. The van der Waals surface area contributed by atoms with Gasteiger partial charge in [0.05, 0.1) is 0 Å². The summed E-state index contributed by atoms with van der Waals surface area (Å²) in [5, 5.41) is 0. The Morgan fingerprint density at radius 2 is 2.10 bits per heavy atom. The van der Waals surface area contributed by atoms with Crippen molar-refractivity contribution in [1.82, 2.24) is 8.87 Å². The van der Waals surface area contributed by atoms with Gasteiger partial charge < -0.3 is 10.3 Å². The van der Waals surface area contributed by atoms with Gasteiger partial charge in [-0.25, -0.2) is 8.42 Å². The SMILES string of the molecule is CC1(C)CCCN(S(=O)(=O)c2cc(CN)n(C3CC3)c2)C1. The minimum absolute atomic E-state index is 0.0566. The maximum atomic E-state index is 12.9. The Balaban J connectivity index is 1.91. The van der Waals surface area contributed by atoms with E-state index in [4.69, 9.17) is 5.73 Å². The first kappa shape index (κ1) is 15.1. The number of nitrogens with zero attached hydrogens (tertiary/aromatic N) is 2. The van der Waals surface area contributed by atoms with Crippen LogP contribution < -0.4 is 5.73 Å². The van der Waals surface area contributed by atoms with Crippen molar-refractivity contribution in [2.45, 2.75) is 57.0 Å². The Hall–Kier alpha value is -0.850. The van der Waals surface area contributed by atoms with Gasteiger partial charge in [-0.05, 0) is 37.2 Å². The second-order valence-electron chi connectivity index (χ2n) is 7.12. The molecule has 0 radical (unpaired) electrons. The third kappa shape index (κ3) is 2.89. The molecule has 0 amide bonds. The van der Waals surface area contributed by atoms with Crippen LogP contribution in [-0.4, -0.2) is 30.4 Å². The van der Waals surface area contributed by atoms with Crippen LogP contribution in [0.1, 0.15) is 51.3 Å². The second-order valence-corrected chi connectivity index (χ2v) is 9.05. The minimum atomic E-state index is -3.39. The molecular formula is C15H25N3O2S. The van der Waals surface area contributed by atoms with Gasteiger partial charge in [0.25, 0.3) is 0 Å². The molecule has 3 rings (SSSR count). The van der Waals surface area contributed by atoms with Crippen molar-refractivity contribution in [3.8, 4) is 0 Å². The Kier molecular flexibility index (Phi) is 3.66. The smallest absolute Gasteiger partial charge is 0.244 e. The molecule has 21 heavy (non-hydrogen) atoms. The average Bonchev–Trinajstić information content (AvgIpc) is 3.16. The standard InChI is InChI=1S/C15H25N3O2S/c1-15(2)6-3-7-17(11-15)21(19,20)14-8-13(9-16)18(10-14)12-4-5-12/h8,10,12H,3-7,9,11,16H2,1-2H3. The highest BCUT2D eigenvalue weighted by Gasteiger charge is 2.35. The van der Waals surface area contributed by atoms with Gasteiger partial charge in [0.2, 0.25) is 10.0 Å². The van der Waals surface area contributed by atoms with E-state index in [9.17, 15) is 8.42 Å². The van der Waals surface area contributed by atoms with Gasteiger partial charge in [0.15, 0.2) is 0 Å². The number of rotatable bonds is 4. The highest BCUT2D eigenvalue weighted by molar-refractivity contribution is 7.89. The highest BCUT2D eigenvalue weighted by atomic mass is 32.2. The molecule has 1 saturated heterocycles. The summed E-state index contributed by atoms with van der Waals surface area (Å²) in [5.41, 5.74) is 6.75. The van der Waals surface area contributed by atoms with Crippen LogP contribution in [0, 0.1) is 5.41 Å². The molecule has 0 bridgehead atoms. The summed E-state index contributed by atoms with van der Waals surface area (Å²) < 4.78 is 29.4. The van der Waals surface area contributed by atoms with Crippen molar-refractivity contribution in [2.24, 2.45) is 11.1 Å². The lowest BCUT2D eigenvalue weighted by atomic mass is 9.85. The monoisotopic (exact) mass is 311 g/mol. The predicted molar refractivity (Wildman–Crippen MR) is 82.4 cm³/mol. The van der Waals surface area contributed by atoms with E-state index in [-0.39, 0.29) is 5.41 Å². The number of piperidine rings is 1. The summed E-state index contributed by atoms with van der Waals surface area (Å²) in [6.45, 7) is 5.88. The first-order valence-electron chi connectivity index (χ1n) is 7.74. The fourth-order valence-electron chi connectivity index (χ4n) is 3.22. The molecule has 0 aromatic carbocycles. The number of nitrogens with two attached hydrogens (primary N) is 1. The van der Waals surface area contributed by atoms with Gasteiger partial charge in [0.1, 0.15) is 4.90 Å². The van der Waals surface area contributed by atoms with Crippen molar-refractivity contribution in [3.63, 3.8) is 0 Å². The van der Waals surface area contributed by atoms with Crippen LogP contribution in [0.5, 0.6) is 0 Å². The molecule has 1 aromatic heterocycles. The Morgan fingerprint density at radius 1 is 1.38 bits per heavy atom. The van der Waals surface area contributed by atoms with Crippen LogP contribution in [0.15, 0.2) is 17.2 Å². The zero-order valence-electron chi connectivity index (χ0n) is 12.9. The predicted octanol–water partition coefficient (Wildman–Crippen LogP) is 2.09. The number of aromatic nitrogens is 1. The highest BCUT2D eigenvalue weighted by Crippen LogP contribution is 2.38. The Morgan fingerprint density at radius 3 is 2.67 bits per heavy atom. The number of hydrogen-bond donors (Lipinski definition) is 1. The van der Waals surface area contributed by atoms with Crippen molar-refractivity contribution < 1.29 is 8.42 Å². The van der Waals surface area contributed by atoms with Gasteiger partial charge in [0, 0.05) is 37.6 Å². The second kappa shape index (κ2) is 5.11. The van der Waals surface area contributed by atoms with Gasteiger partial charge in [-0.15, -0.1) is 0 Å². The summed E-state index contributed by atoms with van der Waals surface area (Å²) in [6, 6.07) is 2.21. The van der Waals surface area contributed by atoms with E-state index in [1.807, 2.05) is 0 Å². The molecule has 1 saturated carbocycles. The van der Waals surface area contributed by atoms with Crippen LogP contribution in [0.2, 0.25) is 0 Å². The average molecular weight is 311 g/mol. The van der Waals surface area contributed by atoms with Gasteiger partial charge >= 0.3 is 0 Å². The van der Waals surface area contributed by atoms with E-state index in [1.165, 1.54) is 0 Å². The largest absolute Gasteiger partial charge is 0.346 e. The molecule has 2 N–H and O–H groups in total. The fraction of sp³-hybridized carbons (Fsp3) is 0.733. The Labute approximate surface area is 127 Å². The molecule has 2 fully saturated rings. The van der Waals surface area contributed by atoms with Crippen LogP contribution in [0.25, 0.3) is 0 Å². The summed E-state index contributed by atoms with van der Waals surface area (Å²) >= 11 is 0. The normalized spacial score (nSPS) is 23.4. The van der Waals surface area contributed by atoms with Gasteiger partial charge in [-0.2, -0.15) is 4.31 Å². The molecule has 118 valence electrons. The van der Waals surface area contributed by atoms with Crippen molar-refractivity contribution in [3.05, 3.63) is 18.0 Å². The van der Waals surface area contributed by atoms with E-state index in [0.29, 0.717) is 30.6 Å². The van der Waals surface area contributed by atoms with E-state index in [1.54, 1.807) is 16.6 Å². The van der Waals surface area contributed by atoms with E-state index in [0.717, 1.165) is 31.4 Å². The zero-order chi connectivity index (χ0) is 15.3. The number of hydrogen-bond acceptors (Lipinski definition) is 3. The fourth-order valence-corrected chi connectivity index (χ4v) is 4.94.